The van der Waals surface area contributed by atoms with Crippen LogP contribution in [0.3, 0.4) is 0 Å². The highest BCUT2D eigenvalue weighted by Crippen LogP contribution is 2.33. The largest absolute Gasteiger partial charge is 0.433 e. The molecule has 0 saturated carbocycles. The standard InChI is InChI=1S/C12H12F9N/c1-4-6(2)9(12(19,20)21)22-8(11(16,17)18)5-7(3)10(13,14)15/h5H,4H2,1-3H3/b7-5+,9-6+,22-8-. The topological polar surface area (TPSA) is 12.4 Å². The van der Waals surface area contributed by atoms with Crippen LogP contribution in [0.2, 0.25) is 0 Å². The molecule has 0 aliphatic rings. The average molecular weight is 341 g/mol. The van der Waals surface area contributed by atoms with Gasteiger partial charge >= 0.3 is 18.5 Å². The van der Waals surface area contributed by atoms with Crippen molar-refractivity contribution in [1.29, 1.82) is 0 Å². The van der Waals surface area contributed by atoms with Crippen molar-refractivity contribution in [3.63, 3.8) is 0 Å². The molecule has 0 aliphatic carbocycles. The van der Waals surface area contributed by atoms with E-state index in [0.717, 1.165) is 6.92 Å². The highest BCUT2D eigenvalue weighted by molar-refractivity contribution is 6.00. The number of halogens is 9. The van der Waals surface area contributed by atoms with E-state index in [1.165, 1.54) is 6.92 Å². The number of rotatable bonds is 3. The summed E-state index contributed by atoms with van der Waals surface area (Å²) in [6.45, 7) is 2.46. The quantitative estimate of drug-likeness (QED) is 0.458. The molecule has 0 saturated heterocycles. The van der Waals surface area contributed by atoms with Crippen molar-refractivity contribution in [3.8, 4) is 0 Å². The fraction of sp³-hybridized carbons (Fsp3) is 0.583. The Bertz CT molecular complexity index is 486. The lowest BCUT2D eigenvalue weighted by Crippen LogP contribution is -2.25. The Morgan fingerprint density at radius 3 is 1.55 bits per heavy atom. The minimum Gasteiger partial charge on any atom is -0.239 e. The first kappa shape index (κ1) is 20.5. The van der Waals surface area contributed by atoms with Crippen LogP contribution in [0.5, 0.6) is 0 Å². The molecule has 0 aliphatic heterocycles. The first-order valence-electron chi connectivity index (χ1n) is 5.79. The lowest BCUT2D eigenvalue weighted by molar-refractivity contribution is -0.0940. The number of alkyl halides is 9. The first-order chi connectivity index (χ1) is 9.60. The van der Waals surface area contributed by atoms with E-state index in [9.17, 15) is 39.5 Å². The van der Waals surface area contributed by atoms with Gasteiger partial charge in [0, 0.05) is 5.57 Å². The molecule has 0 unspecified atom stereocenters. The number of hydrogen-bond donors (Lipinski definition) is 0. The van der Waals surface area contributed by atoms with Gasteiger partial charge in [0.25, 0.3) is 0 Å². The van der Waals surface area contributed by atoms with Gasteiger partial charge in [-0.3, -0.25) is 0 Å². The normalized spacial score (nSPS) is 16.7. The van der Waals surface area contributed by atoms with Crippen molar-refractivity contribution < 1.29 is 39.5 Å². The Balaban J connectivity index is 6.24. The van der Waals surface area contributed by atoms with E-state index in [1.807, 2.05) is 0 Å². The van der Waals surface area contributed by atoms with Crippen LogP contribution in [0.25, 0.3) is 0 Å². The molecule has 0 heterocycles. The molecule has 0 bridgehead atoms. The third kappa shape index (κ3) is 6.10. The lowest BCUT2D eigenvalue weighted by Gasteiger charge is -2.15. The zero-order valence-electron chi connectivity index (χ0n) is 11.6. The highest BCUT2D eigenvalue weighted by atomic mass is 19.4. The molecule has 10 heteroatoms. The molecule has 0 spiro atoms. The Labute approximate surface area is 120 Å². The zero-order valence-corrected chi connectivity index (χ0v) is 11.6. The summed E-state index contributed by atoms with van der Waals surface area (Å²) in [6.07, 6.45) is -16.5. The van der Waals surface area contributed by atoms with Crippen molar-refractivity contribution in [2.75, 3.05) is 0 Å². The summed E-state index contributed by atoms with van der Waals surface area (Å²) in [5.41, 5.74) is -6.34. The fourth-order valence-corrected chi connectivity index (χ4v) is 1.15. The van der Waals surface area contributed by atoms with Gasteiger partial charge in [0.2, 0.25) is 0 Å². The van der Waals surface area contributed by atoms with Crippen LogP contribution in [0, 0.1) is 0 Å². The summed E-state index contributed by atoms with van der Waals surface area (Å²) >= 11 is 0. The SMILES string of the molecule is CC/C(C)=C(/N=C(/C=C(\C)C(F)(F)F)C(F)(F)F)C(F)(F)F. The van der Waals surface area contributed by atoms with Crippen LogP contribution in [0.4, 0.5) is 39.5 Å². The second kappa shape index (κ2) is 6.74. The van der Waals surface area contributed by atoms with E-state index in [2.05, 4.69) is 4.99 Å². The highest BCUT2D eigenvalue weighted by Gasteiger charge is 2.41. The molecular weight excluding hydrogens is 329 g/mol. The molecule has 1 nitrogen and oxygen atoms in total. The fourth-order valence-electron chi connectivity index (χ4n) is 1.15. The average Bonchev–Trinajstić information content (AvgIpc) is 2.28. The van der Waals surface area contributed by atoms with Crippen molar-refractivity contribution >= 4 is 5.71 Å². The van der Waals surface area contributed by atoms with E-state index in [-0.39, 0.29) is 6.42 Å². The van der Waals surface area contributed by atoms with E-state index < -0.39 is 47.2 Å². The maximum atomic E-state index is 12.7. The van der Waals surface area contributed by atoms with Gasteiger partial charge in [-0.25, -0.2) is 4.99 Å². The molecule has 0 rings (SSSR count). The Kier molecular flexibility index (Phi) is 6.29. The van der Waals surface area contributed by atoms with Crippen LogP contribution >= 0.6 is 0 Å². The summed E-state index contributed by atoms with van der Waals surface area (Å²) in [6, 6.07) is 0. The monoisotopic (exact) mass is 341 g/mol. The molecule has 0 aromatic carbocycles. The summed E-state index contributed by atoms with van der Waals surface area (Å²) in [5.74, 6) is 0. The van der Waals surface area contributed by atoms with Gasteiger partial charge in [-0.1, -0.05) is 6.92 Å². The summed E-state index contributed by atoms with van der Waals surface area (Å²) in [4.78, 5) is 2.41. The number of allylic oxidation sites excluding steroid dienone is 4. The van der Waals surface area contributed by atoms with Crippen LogP contribution in [0.15, 0.2) is 27.9 Å². The van der Waals surface area contributed by atoms with E-state index in [0.29, 0.717) is 6.92 Å². The third-order valence-corrected chi connectivity index (χ3v) is 2.53. The van der Waals surface area contributed by atoms with Gasteiger partial charge in [-0.15, -0.1) is 0 Å². The molecular formula is C12H12F9N. The molecule has 0 N–H and O–H groups in total. The van der Waals surface area contributed by atoms with Crippen LogP contribution in [-0.2, 0) is 0 Å². The maximum Gasteiger partial charge on any atom is 0.433 e. The Morgan fingerprint density at radius 2 is 1.27 bits per heavy atom. The molecule has 22 heavy (non-hydrogen) atoms. The van der Waals surface area contributed by atoms with E-state index in [1.54, 1.807) is 0 Å². The number of hydrogen-bond acceptors (Lipinski definition) is 1. The maximum absolute atomic E-state index is 12.7. The lowest BCUT2D eigenvalue weighted by atomic mass is 10.1. The zero-order chi connectivity index (χ0) is 17.9. The van der Waals surface area contributed by atoms with Gasteiger partial charge in [0.15, 0.2) is 0 Å². The molecule has 0 aromatic rings. The molecule has 0 aromatic heterocycles. The second-order valence-electron chi connectivity index (χ2n) is 4.30. The molecule has 128 valence electrons. The predicted molar refractivity (Wildman–Crippen MR) is 62.3 cm³/mol. The van der Waals surface area contributed by atoms with Crippen molar-refractivity contribution in [3.05, 3.63) is 22.9 Å². The Hall–Kier alpha value is -1.48. The number of nitrogens with zero attached hydrogens (tertiary/aromatic N) is 1. The van der Waals surface area contributed by atoms with Crippen LogP contribution < -0.4 is 0 Å². The van der Waals surface area contributed by atoms with Crippen LogP contribution in [-0.4, -0.2) is 24.2 Å². The summed E-state index contributed by atoms with van der Waals surface area (Å²) < 4.78 is 113. The van der Waals surface area contributed by atoms with Gasteiger partial charge in [0.05, 0.1) is 0 Å². The number of aliphatic imine (C=N–C) groups is 1. The first-order valence-corrected chi connectivity index (χ1v) is 5.79. The molecule has 0 fully saturated rings. The van der Waals surface area contributed by atoms with Gasteiger partial charge in [0.1, 0.15) is 11.4 Å². The van der Waals surface area contributed by atoms with Crippen molar-refractivity contribution in [1.82, 2.24) is 0 Å². The Morgan fingerprint density at radius 1 is 0.818 bits per heavy atom. The van der Waals surface area contributed by atoms with Gasteiger partial charge in [-0.2, -0.15) is 39.5 Å². The smallest absolute Gasteiger partial charge is 0.239 e. The third-order valence-electron chi connectivity index (χ3n) is 2.53. The molecule has 0 radical (unpaired) electrons. The van der Waals surface area contributed by atoms with Gasteiger partial charge in [-0.05, 0) is 31.9 Å². The minimum absolute atomic E-state index is 0.258. The van der Waals surface area contributed by atoms with Crippen molar-refractivity contribution in [2.24, 2.45) is 4.99 Å². The summed E-state index contributed by atoms with van der Waals surface area (Å²) in [5, 5.41) is 0. The summed E-state index contributed by atoms with van der Waals surface area (Å²) in [7, 11) is 0. The second-order valence-corrected chi connectivity index (χ2v) is 4.30. The van der Waals surface area contributed by atoms with E-state index in [4.69, 9.17) is 0 Å². The molecule has 0 amide bonds. The van der Waals surface area contributed by atoms with E-state index >= 15 is 0 Å². The van der Waals surface area contributed by atoms with Gasteiger partial charge < -0.3 is 0 Å². The molecule has 0 atom stereocenters. The van der Waals surface area contributed by atoms with Crippen LogP contribution in [0.1, 0.15) is 27.2 Å². The predicted octanol–water partition coefficient (Wildman–Crippen LogP) is 5.74. The minimum atomic E-state index is -5.46. The van der Waals surface area contributed by atoms with Crippen molar-refractivity contribution in [2.45, 2.75) is 45.7 Å².